The van der Waals surface area contributed by atoms with Crippen molar-refractivity contribution in [1.29, 1.82) is 0 Å². The zero-order chi connectivity index (χ0) is 44.1. The second-order valence-electron chi connectivity index (χ2n) is 16.9. The number of unbranched alkanes of at least 4 members (excludes halogenated alkanes) is 10. The zero-order valence-corrected chi connectivity index (χ0v) is 37.8. The summed E-state index contributed by atoms with van der Waals surface area (Å²) in [5.74, 6) is -3.11. The van der Waals surface area contributed by atoms with Crippen LogP contribution >= 0.6 is 0 Å². The van der Waals surface area contributed by atoms with Gasteiger partial charge in [0.1, 0.15) is 0 Å². The van der Waals surface area contributed by atoms with Crippen molar-refractivity contribution in [2.24, 2.45) is 0 Å². The molecule has 0 aliphatic carbocycles. The highest BCUT2D eigenvalue weighted by atomic mass is 19.2. The monoisotopic (exact) mass is 841 g/mol. The van der Waals surface area contributed by atoms with Crippen molar-refractivity contribution in [3.8, 4) is 44.5 Å². The van der Waals surface area contributed by atoms with E-state index in [-0.39, 0.29) is 0 Å². The molecule has 0 aliphatic rings. The van der Waals surface area contributed by atoms with Crippen molar-refractivity contribution < 1.29 is 17.6 Å². The number of rotatable bonds is 22. The Labute approximate surface area is 370 Å². The molecule has 0 nitrogen and oxygen atoms in total. The smallest absolute Gasteiger partial charge is 0.167 e. The summed E-state index contributed by atoms with van der Waals surface area (Å²) in [4.78, 5) is 0. The summed E-state index contributed by atoms with van der Waals surface area (Å²) in [6.07, 6.45) is 21.2. The molecular weight excluding hydrogens is 773 g/mol. The van der Waals surface area contributed by atoms with Crippen molar-refractivity contribution in [2.45, 2.75) is 143 Å². The van der Waals surface area contributed by atoms with Crippen molar-refractivity contribution in [2.75, 3.05) is 0 Å². The van der Waals surface area contributed by atoms with E-state index in [4.69, 9.17) is 0 Å². The maximum absolute atomic E-state index is 15.0. The summed E-state index contributed by atoms with van der Waals surface area (Å²) in [7, 11) is 0. The van der Waals surface area contributed by atoms with Gasteiger partial charge in [0.05, 0.1) is 0 Å². The highest BCUT2D eigenvalue weighted by Crippen LogP contribution is 2.34. The van der Waals surface area contributed by atoms with Crippen LogP contribution in [0, 0.1) is 23.3 Å². The minimum Gasteiger partial charge on any atom is -0.203 e. The molecule has 0 unspecified atom stereocenters. The summed E-state index contributed by atoms with van der Waals surface area (Å²) >= 11 is 0. The standard InChI is InChI=1S/C30H36F2.C28H32F2/c1-3-5-7-8-10-12-24-15-19-26(20-16-24)28-22-21-27(29(31)30(28)32)25-17-13-23(14-18-25)11-9-6-4-2;1-3-5-6-7-8-10-22-13-17-24(18-14-22)26-20-19-25(27(29)28(26)30)23-15-11-21(9-4-2)12-16-23/h13-22H,3-12H2,1-2H3;11-20H,3-10H2,1-2H3. The Balaban J connectivity index is 0.000000235. The second kappa shape index (κ2) is 25.8. The Morgan fingerprint density at radius 2 is 0.468 bits per heavy atom. The van der Waals surface area contributed by atoms with Crippen LogP contribution in [0.3, 0.4) is 0 Å². The Morgan fingerprint density at radius 1 is 0.242 bits per heavy atom. The highest BCUT2D eigenvalue weighted by molar-refractivity contribution is 5.73. The molecule has 0 saturated carbocycles. The summed E-state index contributed by atoms with van der Waals surface area (Å²) in [6, 6.07) is 38.1. The van der Waals surface area contributed by atoms with Gasteiger partial charge in [0.15, 0.2) is 23.3 Å². The lowest BCUT2D eigenvalue weighted by atomic mass is 9.96. The van der Waals surface area contributed by atoms with Crippen molar-refractivity contribution in [1.82, 2.24) is 0 Å². The molecule has 0 atom stereocenters. The Kier molecular flexibility index (Phi) is 20.0. The van der Waals surface area contributed by atoms with Crippen molar-refractivity contribution in [3.05, 3.63) is 167 Å². The molecule has 0 spiro atoms. The summed E-state index contributed by atoms with van der Waals surface area (Å²) in [5, 5.41) is 0. The van der Waals surface area contributed by atoms with Gasteiger partial charge in [0, 0.05) is 22.3 Å². The minimum absolute atomic E-state index is 0.308. The van der Waals surface area contributed by atoms with Crippen molar-refractivity contribution >= 4 is 0 Å². The molecule has 0 aromatic heterocycles. The van der Waals surface area contributed by atoms with Gasteiger partial charge >= 0.3 is 0 Å². The first-order valence-corrected chi connectivity index (χ1v) is 23.6. The van der Waals surface area contributed by atoms with E-state index in [1.54, 1.807) is 24.3 Å². The fraction of sp³-hybridized carbons (Fsp3) is 0.379. The van der Waals surface area contributed by atoms with E-state index in [0.717, 1.165) is 38.5 Å². The van der Waals surface area contributed by atoms with Crippen LogP contribution in [0.1, 0.15) is 140 Å². The first-order chi connectivity index (χ1) is 30.3. The molecule has 62 heavy (non-hydrogen) atoms. The number of hydrogen-bond donors (Lipinski definition) is 0. The van der Waals surface area contributed by atoms with Gasteiger partial charge in [0.2, 0.25) is 0 Å². The first-order valence-electron chi connectivity index (χ1n) is 23.6. The fourth-order valence-electron chi connectivity index (χ4n) is 8.13. The highest BCUT2D eigenvalue weighted by Gasteiger charge is 2.18. The van der Waals surface area contributed by atoms with Gasteiger partial charge in [-0.05, 0) is 89.5 Å². The SMILES string of the molecule is CCCCCCCc1ccc(-c2ccc(-c3ccc(CCC)cc3)c(F)c2F)cc1.CCCCCCCc1ccc(-c2ccc(-c3ccc(CCCCC)cc3)c(F)c2F)cc1. The van der Waals surface area contributed by atoms with Crippen LogP contribution in [0.25, 0.3) is 44.5 Å². The van der Waals surface area contributed by atoms with Gasteiger partial charge < -0.3 is 0 Å². The van der Waals surface area contributed by atoms with E-state index in [2.05, 4.69) is 27.7 Å². The third-order valence-corrected chi connectivity index (χ3v) is 12.0. The Hall–Kier alpha value is -4.96. The van der Waals surface area contributed by atoms with E-state index in [0.29, 0.717) is 44.5 Å². The lowest BCUT2D eigenvalue weighted by molar-refractivity contribution is 0.514. The topological polar surface area (TPSA) is 0 Å². The van der Waals surface area contributed by atoms with Crippen LogP contribution < -0.4 is 0 Å². The maximum Gasteiger partial charge on any atom is 0.167 e. The van der Waals surface area contributed by atoms with Crippen LogP contribution in [-0.4, -0.2) is 0 Å². The largest absolute Gasteiger partial charge is 0.203 e. The molecule has 0 N–H and O–H groups in total. The molecule has 0 saturated heterocycles. The van der Waals surface area contributed by atoms with Gasteiger partial charge in [-0.1, -0.05) is 220 Å². The number of hydrogen-bond acceptors (Lipinski definition) is 0. The summed E-state index contributed by atoms with van der Waals surface area (Å²) in [5.41, 5.74) is 9.06. The molecule has 0 bridgehead atoms. The predicted octanol–water partition coefficient (Wildman–Crippen LogP) is 18.3. The predicted molar refractivity (Wildman–Crippen MR) is 257 cm³/mol. The van der Waals surface area contributed by atoms with E-state index in [1.165, 1.54) is 99.3 Å². The molecule has 0 radical (unpaired) electrons. The summed E-state index contributed by atoms with van der Waals surface area (Å²) in [6.45, 7) is 8.75. The third kappa shape index (κ3) is 14.0. The van der Waals surface area contributed by atoms with Gasteiger partial charge in [-0.15, -0.1) is 0 Å². The van der Waals surface area contributed by atoms with E-state index >= 15 is 0 Å². The fourth-order valence-corrected chi connectivity index (χ4v) is 8.13. The average Bonchev–Trinajstić information content (AvgIpc) is 3.30. The molecule has 0 amide bonds. The van der Waals surface area contributed by atoms with E-state index in [1.807, 2.05) is 97.1 Å². The molecule has 0 fully saturated rings. The van der Waals surface area contributed by atoms with E-state index in [9.17, 15) is 17.6 Å². The Morgan fingerprint density at radius 3 is 0.726 bits per heavy atom. The second-order valence-corrected chi connectivity index (χ2v) is 16.9. The molecule has 0 heterocycles. The number of benzene rings is 6. The molecule has 328 valence electrons. The van der Waals surface area contributed by atoms with Gasteiger partial charge in [-0.2, -0.15) is 0 Å². The average molecular weight is 841 g/mol. The zero-order valence-electron chi connectivity index (χ0n) is 37.8. The Bertz CT molecular complexity index is 2200. The quantitative estimate of drug-likeness (QED) is 0.0472. The molecule has 0 aliphatic heterocycles. The third-order valence-electron chi connectivity index (χ3n) is 12.0. The normalized spacial score (nSPS) is 11.1. The lowest BCUT2D eigenvalue weighted by Crippen LogP contribution is -1.95. The summed E-state index contributed by atoms with van der Waals surface area (Å²) < 4.78 is 59.7. The van der Waals surface area contributed by atoms with Gasteiger partial charge in [-0.25, -0.2) is 17.6 Å². The van der Waals surface area contributed by atoms with E-state index < -0.39 is 23.3 Å². The van der Waals surface area contributed by atoms with Crippen LogP contribution in [0.2, 0.25) is 0 Å². The first kappa shape index (κ1) is 48.1. The van der Waals surface area contributed by atoms with Crippen LogP contribution in [0.4, 0.5) is 17.6 Å². The van der Waals surface area contributed by atoms with Crippen molar-refractivity contribution in [3.63, 3.8) is 0 Å². The molecule has 6 aromatic carbocycles. The number of aryl methyl sites for hydroxylation is 4. The van der Waals surface area contributed by atoms with Crippen LogP contribution in [-0.2, 0) is 25.7 Å². The van der Waals surface area contributed by atoms with Crippen LogP contribution in [0.5, 0.6) is 0 Å². The maximum atomic E-state index is 15.0. The molecular formula is C58H68F4. The molecule has 6 aromatic rings. The van der Waals surface area contributed by atoms with Crippen LogP contribution in [0.15, 0.2) is 121 Å². The minimum atomic E-state index is -0.782. The number of halogens is 4. The lowest BCUT2D eigenvalue weighted by Gasteiger charge is -2.11. The van der Waals surface area contributed by atoms with Gasteiger partial charge in [0.25, 0.3) is 0 Å². The molecule has 4 heteroatoms. The van der Waals surface area contributed by atoms with Gasteiger partial charge in [-0.3, -0.25) is 0 Å². The molecule has 6 rings (SSSR count).